The number of alkyl halides is 3. The number of aliphatic carboxylic acids is 1. The van der Waals surface area contributed by atoms with Crippen molar-refractivity contribution in [2.24, 2.45) is 5.41 Å². The summed E-state index contributed by atoms with van der Waals surface area (Å²) in [6.45, 7) is 7.58. The van der Waals surface area contributed by atoms with Crippen LogP contribution in [0.3, 0.4) is 0 Å². The molecule has 0 saturated heterocycles. The highest BCUT2D eigenvalue weighted by Crippen LogP contribution is 2.43. The maximum absolute atomic E-state index is 14.4. The minimum atomic E-state index is -4.96. The third kappa shape index (κ3) is 7.78. The number of aromatic nitrogens is 3. The molecule has 2 aromatic rings. The molecule has 2 heterocycles. The van der Waals surface area contributed by atoms with Crippen LogP contribution in [0.1, 0.15) is 91.5 Å². The minimum Gasteiger partial charge on any atom is -0.481 e. The number of ether oxygens (including phenoxy) is 1. The molecular weight excluding hydrogens is 588 g/mol. The Kier molecular flexibility index (Phi) is 9.82. The molecule has 0 spiro atoms. The second-order valence-corrected chi connectivity index (χ2v) is 12.2. The number of carboxylic acids is 1. The van der Waals surface area contributed by atoms with Crippen molar-refractivity contribution in [3.63, 3.8) is 0 Å². The Morgan fingerprint density at radius 1 is 1.20 bits per heavy atom. The van der Waals surface area contributed by atoms with Crippen molar-refractivity contribution in [1.82, 2.24) is 19.7 Å². The third-order valence-electron chi connectivity index (χ3n) is 7.07. The van der Waals surface area contributed by atoms with Crippen molar-refractivity contribution in [2.75, 3.05) is 19.7 Å². The van der Waals surface area contributed by atoms with E-state index in [1.54, 1.807) is 34.6 Å². The van der Waals surface area contributed by atoms with Crippen molar-refractivity contribution in [3.8, 4) is 0 Å². The van der Waals surface area contributed by atoms with E-state index in [2.05, 4.69) is 10.1 Å². The number of carbonyl (C=O) groups is 3. The molecule has 0 atom stereocenters. The number of rotatable bonds is 9. The summed E-state index contributed by atoms with van der Waals surface area (Å²) >= 11 is 12.4. The van der Waals surface area contributed by atoms with Gasteiger partial charge in [0.05, 0.1) is 52.6 Å². The molecule has 1 amide bonds. The van der Waals surface area contributed by atoms with E-state index in [9.17, 15) is 32.7 Å². The summed E-state index contributed by atoms with van der Waals surface area (Å²) in [4.78, 5) is 43.4. The Morgan fingerprint density at radius 2 is 1.80 bits per heavy atom. The molecule has 0 bridgehead atoms. The van der Waals surface area contributed by atoms with Gasteiger partial charge >= 0.3 is 12.1 Å². The van der Waals surface area contributed by atoms with Crippen LogP contribution in [0.2, 0.25) is 10.2 Å². The summed E-state index contributed by atoms with van der Waals surface area (Å²) in [6, 6.07) is 0.664. The lowest BCUT2D eigenvalue weighted by Gasteiger charge is -2.34. The lowest BCUT2D eigenvalue weighted by Crippen LogP contribution is -2.40. The number of nitrogens with zero attached hydrogens (tertiary/aromatic N) is 4. The van der Waals surface area contributed by atoms with E-state index >= 15 is 0 Å². The van der Waals surface area contributed by atoms with Gasteiger partial charge in [0.25, 0.3) is 5.91 Å². The fourth-order valence-corrected chi connectivity index (χ4v) is 5.50. The Hall–Kier alpha value is -2.70. The van der Waals surface area contributed by atoms with Gasteiger partial charge in [-0.05, 0) is 66.4 Å². The van der Waals surface area contributed by atoms with Crippen molar-refractivity contribution in [3.05, 3.63) is 45.0 Å². The topological polar surface area (TPSA) is 115 Å². The van der Waals surface area contributed by atoms with Gasteiger partial charge in [-0.1, -0.05) is 23.2 Å². The number of Topliss-reactive ketones (excluding diaryl/α,β-unsaturated/α-hetero) is 1. The molecule has 41 heavy (non-hydrogen) atoms. The van der Waals surface area contributed by atoms with Gasteiger partial charge in [0.2, 0.25) is 0 Å². The van der Waals surface area contributed by atoms with Gasteiger partial charge in [0, 0.05) is 12.2 Å². The maximum atomic E-state index is 14.4. The summed E-state index contributed by atoms with van der Waals surface area (Å²) in [7, 11) is 0. The Morgan fingerprint density at radius 3 is 2.32 bits per heavy atom. The van der Waals surface area contributed by atoms with Gasteiger partial charge in [-0.25, -0.2) is 4.98 Å². The number of ketones is 1. The van der Waals surface area contributed by atoms with Gasteiger partial charge in [0.15, 0.2) is 11.5 Å². The van der Waals surface area contributed by atoms with E-state index in [1.807, 2.05) is 0 Å². The summed E-state index contributed by atoms with van der Waals surface area (Å²) in [5.74, 6) is -2.80. The molecule has 1 fully saturated rings. The Balaban J connectivity index is 1.96. The van der Waals surface area contributed by atoms with Gasteiger partial charge in [-0.15, -0.1) is 0 Å². The predicted octanol–water partition coefficient (Wildman–Crippen LogP) is 6.26. The largest absolute Gasteiger partial charge is 0.481 e. The molecule has 1 N–H and O–H groups in total. The normalized spacial score (nSPS) is 19.7. The average molecular weight is 621 g/mol. The number of carboxylic acid groups (broad SMARTS) is 1. The van der Waals surface area contributed by atoms with Crippen molar-refractivity contribution in [1.29, 1.82) is 0 Å². The maximum Gasteiger partial charge on any atom is 0.433 e. The second-order valence-electron chi connectivity index (χ2n) is 11.5. The van der Waals surface area contributed by atoms with Crippen LogP contribution in [0.4, 0.5) is 13.2 Å². The first-order valence-electron chi connectivity index (χ1n) is 13.0. The molecule has 0 unspecified atom stereocenters. The molecule has 14 heteroatoms. The molecular formula is C27H33Cl2F3N4O5. The molecule has 0 aliphatic heterocycles. The first kappa shape index (κ1) is 32.8. The Bertz CT molecular complexity index is 1290. The van der Waals surface area contributed by atoms with Crippen LogP contribution in [-0.2, 0) is 15.7 Å². The number of hydrogen-bond acceptors (Lipinski definition) is 6. The van der Waals surface area contributed by atoms with Crippen molar-refractivity contribution in [2.45, 2.75) is 78.1 Å². The van der Waals surface area contributed by atoms with Crippen LogP contribution in [0.25, 0.3) is 0 Å². The van der Waals surface area contributed by atoms with Crippen LogP contribution in [0, 0.1) is 12.3 Å². The second kappa shape index (κ2) is 12.3. The number of hydrogen-bond donors (Lipinski definition) is 1. The zero-order valence-corrected chi connectivity index (χ0v) is 25.0. The lowest BCUT2D eigenvalue weighted by molar-refractivity contribution is -0.152. The first-order chi connectivity index (χ1) is 18.8. The van der Waals surface area contributed by atoms with Crippen LogP contribution in [0.15, 0.2) is 12.3 Å². The van der Waals surface area contributed by atoms with Crippen LogP contribution in [0.5, 0.6) is 0 Å². The highest BCUT2D eigenvalue weighted by atomic mass is 35.5. The fraction of sp³-hybridized carbons (Fsp3) is 0.593. The highest BCUT2D eigenvalue weighted by Gasteiger charge is 2.45. The van der Waals surface area contributed by atoms with Gasteiger partial charge < -0.3 is 14.7 Å². The predicted molar refractivity (Wildman–Crippen MR) is 145 cm³/mol. The quantitative estimate of drug-likeness (QED) is 0.260. The van der Waals surface area contributed by atoms with E-state index in [1.165, 1.54) is 6.07 Å². The summed E-state index contributed by atoms with van der Waals surface area (Å²) < 4.78 is 49.7. The van der Waals surface area contributed by atoms with Crippen LogP contribution in [-0.4, -0.2) is 67.7 Å². The van der Waals surface area contributed by atoms with E-state index < -0.39 is 58.7 Å². The van der Waals surface area contributed by atoms with Gasteiger partial charge in [0.1, 0.15) is 5.15 Å². The molecule has 0 aromatic carbocycles. The van der Waals surface area contributed by atoms with E-state index in [0.29, 0.717) is 5.69 Å². The number of carbonyl (C=O) groups excluding carboxylic acids is 2. The smallest absolute Gasteiger partial charge is 0.433 e. The lowest BCUT2D eigenvalue weighted by atomic mass is 9.74. The van der Waals surface area contributed by atoms with E-state index in [-0.39, 0.29) is 54.6 Å². The first-order valence-corrected chi connectivity index (χ1v) is 13.8. The number of halogens is 5. The molecule has 9 nitrogen and oxygen atoms in total. The van der Waals surface area contributed by atoms with Gasteiger partial charge in [-0.3, -0.25) is 19.1 Å². The molecule has 1 aliphatic carbocycles. The molecule has 226 valence electrons. The van der Waals surface area contributed by atoms with Crippen LogP contribution >= 0.6 is 23.2 Å². The summed E-state index contributed by atoms with van der Waals surface area (Å²) in [5.41, 5.74) is -3.33. The molecule has 3 rings (SSSR count). The summed E-state index contributed by atoms with van der Waals surface area (Å²) in [5, 5.41) is 13.2. The Labute approximate surface area is 245 Å². The molecule has 1 aliphatic rings. The zero-order valence-electron chi connectivity index (χ0n) is 23.4. The van der Waals surface area contributed by atoms with Crippen molar-refractivity contribution < 1.29 is 37.4 Å². The molecule has 1 saturated carbocycles. The average Bonchev–Trinajstić information content (AvgIpc) is 3.28. The monoisotopic (exact) mass is 620 g/mol. The van der Waals surface area contributed by atoms with E-state index in [0.717, 1.165) is 15.8 Å². The highest BCUT2D eigenvalue weighted by molar-refractivity contribution is 6.39. The molecule has 0 radical (unpaired) electrons. The third-order valence-corrected chi connectivity index (χ3v) is 7.64. The number of aryl methyl sites for hydroxylation is 1. The summed E-state index contributed by atoms with van der Waals surface area (Å²) in [6.07, 6.45) is -3.53. The van der Waals surface area contributed by atoms with E-state index in [4.69, 9.17) is 27.9 Å². The number of pyridine rings is 1. The molecule has 2 aromatic heterocycles. The standard InChI is InChI=1S/C27H33Cl2F3N4O5/c1-15-12-18(28)20(22(29)34-15)19(37)14-35(10-11-41-25(2,3)4)23(38)17-13-33-36(21(17)27(30,31)32)16-6-8-26(5,9-7-16)24(39)40/h12-13,16H,6-11,14H2,1-5H3,(H,39,40). The number of amides is 1. The van der Waals surface area contributed by atoms with Crippen molar-refractivity contribution >= 4 is 40.9 Å². The fourth-order valence-electron chi connectivity index (χ4n) is 4.76. The zero-order chi connectivity index (χ0) is 30.9. The van der Waals surface area contributed by atoms with Gasteiger partial charge in [-0.2, -0.15) is 18.3 Å². The SMILES string of the molecule is Cc1cc(Cl)c(C(=O)CN(CCOC(C)(C)C)C(=O)c2cnn(C3CCC(C)(C(=O)O)CC3)c2C(F)(F)F)c(Cl)n1. The van der Waals surface area contributed by atoms with Crippen LogP contribution < -0.4 is 0 Å². The minimum absolute atomic E-state index is 0.000278.